The second-order valence-electron chi connectivity index (χ2n) is 7.66. The van der Waals surface area contributed by atoms with Crippen molar-refractivity contribution in [2.24, 2.45) is 11.8 Å². The molecule has 4 rings (SSSR count). The summed E-state index contributed by atoms with van der Waals surface area (Å²) in [6, 6.07) is 13.6. The molecule has 6 heteroatoms. The van der Waals surface area contributed by atoms with Gasteiger partial charge in [0.2, 0.25) is 11.8 Å². The second-order valence-corrected chi connectivity index (χ2v) is 8.07. The predicted molar refractivity (Wildman–Crippen MR) is 105 cm³/mol. The lowest BCUT2D eigenvalue weighted by atomic mass is 9.89. The van der Waals surface area contributed by atoms with Gasteiger partial charge in [-0.25, -0.2) is 4.39 Å². The van der Waals surface area contributed by atoms with E-state index in [1.165, 1.54) is 12.1 Å². The summed E-state index contributed by atoms with van der Waals surface area (Å²) in [4.78, 5) is 28.7. The summed E-state index contributed by atoms with van der Waals surface area (Å²) in [5.41, 5.74) is 1.61. The van der Waals surface area contributed by atoms with Gasteiger partial charge in [0.15, 0.2) is 0 Å². The molecule has 0 unspecified atom stereocenters. The van der Waals surface area contributed by atoms with Crippen LogP contribution in [0.25, 0.3) is 0 Å². The number of carbonyl (C=O) groups is 2. The van der Waals surface area contributed by atoms with E-state index in [4.69, 9.17) is 11.6 Å². The normalized spacial score (nSPS) is 23.8. The Hall–Kier alpha value is -2.40. The van der Waals surface area contributed by atoms with Crippen LogP contribution in [0.3, 0.4) is 0 Å². The van der Waals surface area contributed by atoms with Crippen LogP contribution >= 0.6 is 11.6 Å². The molecule has 0 bridgehead atoms. The Balaban J connectivity index is 1.54. The summed E-state index contributed by atoms with van der Waals surface area (Å²) in [5.74, 6) is 0.0230. The number of halogens is 2. The third kappa shape index (κ3) is 3.51. The van der Waals surface area contributed by atoms with E-state index in [0.717, 1.165) is 11.1 Å². The van der Waals surface area contributed by atoms with Gasteiger partial charge in [0.05, 0.1) is 12.5 Å². The van der Waals surface area contributed by atoms with Crippen LogP contribution in [0.2, 0.25) is 5.02 Å². The average molecular weight is 401 g/mol. The van der Waals surface area contributed by atoms with Crippen molar-refractivity contribution in [2.75, 3.05) is 19.6 Å². The number of hydrogen-bond acceptors (Lipinski definition) is 2. The van der Waals surface area contributed by atoms with E-state index in [-0.39, 0.29) is 41.9 Å². The summed E-state index contributed by atoms with van der Waals surface area (Å²) in [7, 11) is 0. The lowest BCUT2D eigenvalue weighted by Crippen LogP contribution is -2.37. The van der Waals surface area contributed by atoms with Crippen LogP contribution in [-0.4, -0.2) is 41.2 Å². The zero-order chi connectivity index (χ0) is 19.8. The Kier molecular flexibility index (Phi) is 5.11. The molecule has 2 heterocycles. The average Bonchev–Trinajstić information content (AvgIpc) is 3.21. The van der Waals surface area contributed by atoms with E-state index < -0.39 is 0 Å². The largest absolute Gasteiger partial charge is 0.342 e. The summed E-state index contributed by atoms with van der Waals surface area (Å²) < 4.78 is 13.8. The van der Waals surface area contributed by atoms with Crippen molar-refractivity contribution in [3.05, 3.63) is 70.5 Å². The van der Waals surface area contributed by atoms with E-state index in [9.17, 15) is 14.0 Å². The first-order valence-corrected chi connectivity index (χ1v) is 9.85. The van der Waals surface area contributed by atoms with E-state index in [1.54, 1.807) is 19.1 Å². The standard InChI is InChI=1S/C22H22ClFN2O2/c1-14(27)26-12-17-11-25(21(28)10-15-5-2-3-8-20(15)23)13-19(17)22(26)16-6-4-7-18(24)9-16/h2-9,17,19,22H,10-13H2,1H3/t17-,19-,22-/m1/s1. The highest BCUT2D eigenvalue weighted by atomic mass is 35.5. The van der Waals surface area contributed by atoms with Gasteiger partial charge in [-0.05, 0) is 29.3 Å². The van der Waals surface area contributed by atoms with Crippen molar-refractivity contribution in [1.82, 2.24) is 9.80 Å². The van der Waals surface area contributed by atoms with Crippen molar-refractivity contribution in [3.63, 3.8) is 0 Å². The molecule has 28 heavy (non-hydrogen) atoms. The number of nitrogens with zero attached hydrogens (tertiary/aromatic N) is 2. The molecule has 146 valence electrons. The van der Waals surface area contributed by atoms with Gasteiger partial charge in [-0.3, -0.25) is 9.59 Å². The van der Waals surface area contributed by atoms with Crippen molar-refractivity contribution >= 4 is 23.4 Å². The molecule has 0 aromatic heterocycles. The molecule has 2 aliphatic rings. The lowest BCUT2D eigenvalue weighted by Gasteiger charge is -2.29. The molecular formula is C22H22ClFN2O2. The Morgan fingerprint density at radius 3 is 2.61 bits per heavy atom. The molecule has 2 amide bonds. The molecule has 0 saturated carbocycles. The molecule has 2 aromatic rings. The van der Waals surface area contributed by atoms with Crippen molar-refractivity contribution < 1.29 is 14.0 Å². The minimum atomic E-state index is -0.311. The molecule has 0 N–H and O–H groups in total. The molecule has 0 aliphatic carbocycles. The molecule has 0 spiro atoms. The third-order valence-electron chi connectivity index (χ3n) is 5.91. The van der Waals surface area contributed by atoms with E-state index in [1.807, 2.05) is 34.1 Å². The Bertz CT molecular complexity index is 919. The molecule has 2 aliphatic heterocycles. The maximum Gasteiger partial charge on any atom is 0.227 e. The number of rotatable bonds is 3. The highest BCUT2D eigenvalue weighted by molar-refractivity contribution is 6.31. The Morgan fingerprint density at radius 2 is 1.89 bits per heavy atom. The minimum Gasteiger partial charge on any atom is -0.342 e. The van der Waals surface area contributed by atoms with Gasteiger partial charge in [0.1, 0.15) is 5.82 Å². The number of hydrogen-bond donors (Lipinski definition) is 0. The van der Waals surface area contributed by atoms with E-state index in [0.29, 0.717) is 24.7 Å². The predicted octanol–water partition coefficient (Wildman–Crippen LogP) is 3.70. The number of amides is 2. The SMILES string of the molecule is CC(=O)N1C[C@H]2CN(C(=O)Cc3ccccc3Cl)C[C@H]2[C@H]1c1cccc(F)c1. The fourth-order valence-corrected chi connectivity index (χ4v) is 4.81. The summed E-state index contributed by atoms with van der Waals surface area (Å²) in [5, 5.41) is 0.593. The van der Waals surface area contributed by atoms with Crippen LogP contribution in [0.15, 0.2) is 48.5 Å². The summed E-state index contributed by atoms with van der Waals surface area (Å²) >= 11 is 6.19. The van der Waals surface area contributed by atoms with Crippen LogP contribution in [0.1, 0.15) is 24.1 Å². The van der Waals surface area contributed by atoms with Gasteiger partial charge < -0.3 is 9.80 Å². The van der Waals surface area contributed by atoms with Crippen LogP contribution < -0.4 is 0 Å². The number of benzene rings is 2. The van der Waals surface area contributed by atoms with Gasteiger partial charge in [-0.1, -0.05) is 41.9 Å². The first-order chi connectivity index (χ1) is 13.4. The topological polar surface area (TPSA) is 40.6 Å². The smallest absolute Gasteiger partial charge is 0.227 e. The van der Waals surface area contributed by atoms with Gasteiger partial charge >= 0.3 is 0 Å². The zero-order valence-corrected chi connectivity index (χ0v) is 16.4. The third-order valence-corrected chi connectivity index (χ3v) is 6.28. The first kappa shape index (κ1) is 18.9. The Morgan fingerprint density at radius 1 is 1.11 bits per heavy atom. The fourth-order valence-electron chi connectivity index (χ4n) is 4.61. The van der Waals surface area contributed by atoms with E-state index in [2.05, 4.69) is 0 Å². The van der Waals surface area contributed by atoms with Gasteiger partial charge in [-0.2, -0.15) is 0 Å². The van der Waals surface area contributed by atoms with Crippen molar-refractivity contribution in [1.29, 1.82) is 0 Å². The van der Waals surface area contributed by atoms with Crippen LogP contribution in [0, 0.1) is 17.7 Å². The quantitative estimate of drug-likeness (QED) is 0.788. The monoisotopic (exact) mass is 400 g/mol. The van der Waals surface area contributed by atoms with E-state index >= 15 is 0 Å². The van der Waals surface area contributed by atoms with Crippen molar-refractivity contribution in [3.8, 4) is 0 Å². The molecule has 3 atom stereocenters. The fraction of sp³-hybridized carbons (Fsp3) is 0.364. The van der Waals surface area contributed by atoms with Gasteiger partial charge in [-0.15, -0.1) is 0 Å². The van der Waals surface area contributed by atoms with Crippen LogP contribution in [0.4, 0.5) is 4.39 Å². The second kappa shape index (κ2) is 7.55. The number of likely N-dealkylation sites (tertiary alicyclic amines) is 2. The molecule has 0 radical (unpaired) electrons. The first-order valence-electron chi connectivity index (χ1n) is 9.48. The van der Waals surface area contributed by atoms with Crippen molar-refractivity contribution in [2.45, 2.75) is 19.4 Å². The molecule has 2 saturated heterocycles. The molecule has 2 aromatic carbocycles. The molecular weight excluding hydrogens is 379 g/mol. The molecule has 2 fully saturated rings. The zero-order valence-electron chi connectivity index (χ0n) is 15.6. The summed E-state index contributed by atoms with van der Waals surface area (Å²) in [6.45, 7) is 3.33. The minimum absolute atomic E-state index is 0.0161. The number of fused-ring (bicyclic) bond motifs is 1. The molecule has 4 nitrogen and oxygen atoms in total. The maximum absolute atomic E-state index is 13.8. The highest BCUT2D eigenvalue weighted by Crippen LogP contribution is 2.45. The Labute approximate surface area is 168 Å². The lowest BCUT2D eigenvalue weighted by molar-refractivity contribution is -0.131. The highest BCUT2D eigenvalue weighted by Gasteiger charge is 2.49. The van der Waals surface area contributed by atoms with Gasteiger partial charge in [0, 0.05) is 43.4 Å². The maximum atomic E-state index is 13.8. The van der Waals surface area contributed by atoms with Crippen LogP contribution in [-0.2, 0) is 16.0 Å². The van der Waals surface area contributed by atoms with Crippen LogP contribution in [0.5, 0.6) is 0 Å². The summed E-state index contributed by atoms with van der Waals surface area (Å²) in [6.07, 6.45) is 0.264. The van der Waals surface area contributed by atoms with Gasteiger partial charge in [0.25, 0.3) is 0 Å². The number of carbonyl (C=O) groups excluding carboxylic acids is 2.